The number of halogens is 2. The summed E-state index contributed by atoms with van der Waals surface area (Å²) in [6, 6.07) is 2.25. The standard InChI is InChI=1S/C22H31F2N3O4/c1-21(2,3)31-20(30)27-17(13-6-9-22(23,24)10-7-13)19(29)26-16-12-15(8-11-25-16)18(28)14-4-5-14/h8,11-14,17-18,28H,4-7,9-10H2,1-3H3,(H,27,30)(H,25,26,29)/t17-,18?/m0/s1. The highest BCUT2D eigenvalue weighted by Gasteiger charge is 2.41. The van der Waals surface area contributed by atoms with Gasteiger partial charge < -0.3 is 20.5 Å². The van der Waals surface area contributed by atoms with Gasteiger partial charge in [-0.15, -0.1) is 0 Å². The molecular formula is C22H31F2N3O4. The van der Waals surface area contributed by atoms with E-state index in [4.69, 9.17) is 4.74 Å². The van der Waals surface area contributed by atoms with E-state index >= 15 is 0 Å². The molecule has 3 N–H and O–H groups in total. The van der Waals surface area contributed by atoms with Crippen molar-refractivity contribution >= 4 is 17.8 Å². The molecule has 1 aromatic rings. The van der Waals surface area contributed by atoms with Crippen molar-refractivity contribution in [3.8, 4) is 0 Å². The lowest BCUT2D eigenvalue weighted by atomic mass is 9.81. The average Bonchev–Trinajstić information content (AvgIpc) is 3.50. The largest absolute Gasteiger partial charge is 0.444 e. The molecule has 3 rings (SSSR count). The van der Waals surface area contributed by atoms with E-state index in [0.717, 1.165) is 12.8 Å². The van der Waals surface area contributed by atoms with Gasteiger partial charge in [-0.2, -0.15) is 0 Å². The Balaban J connectivity index is 1.72. The molecule has 2 saturated carbocycles. The molecule has 0 bridgehead atoms. The Hall–Kier alpha value is -2.29. The van der Waals surface area contributed by atoms with Crippen molar-refractivity contribution in [3.63, 3.8) is 0 Å². The Kier molecular flexibility index (Phi) is 6.83. The summed E-state index contributed by atoms with van der Waals surface area (Å²) in [5.41, 5.74) is -0.110. The van der Waals surface area contributed by atoms with E-state index < -0.39 is 41.6 Å². The average molecular weight is 440 g/mol. The number of aliphatic hydroxyl groups excluding tert-OH is 1. The van der Waals surface area contributed by atoms with Crippen molar-refractivity contribution in [1.29, 1.82) is 0 Å². The lowest BCUT2D eigenvalue weighted by Crippen LogP contribution is -2.51. The fourth-order valence-electron chi connectivity index (χ4n) is 3.82. The van der Waals surface area contributed by atoms with Crippen LogP contribution in [0.3, 0.4) is 0 Å². The zero-order chi connectivity index (χ0) is 22.8. The molecule has 172 valence electrons. The summed E-state index contributed by atoms with van der Waals surface area (Å²) in [6.07, 6.45) is 1.55. The maximum Gasteiger partial charge on any atom is 0.408 e. The maximum absolute atomic E-state index is 13.6. The normalized spacial score (nSPS) is 21.1. The molecule has 2 fully saturated rings. The number of amides is 2. The molecule has 2 aliphatic carbocycles. The third kappa shape index (κ3) is 6.85. The van der Waals surface area contributed by atoms with E-state index in [2.05, 4.69) is 15.6 Å². The molecule has 0 aromatic carbocycles. The van der Waals surface area contributed by atoms with Gasteiger partial charge in [0.25, 0.3) is 0 Å². The van der Waals surface area contributed by atoms with Crippen LogP contribution < -0.4 is 10.6 Å². The molecule has 2 atom stereocenters. The Labute approximate surface area is 181 Å². The van der Waals surface area contributed by atoms with Crippen LogP contribution in [-0.4, -0.2) is 39.7 Å². The summed E-state index contributed by atoms with van der Waals surface area (Å²) in [4.78, 5) is 29.5. The van der Waals surface area contributed by atoms with Gasteiger partial charge in [0.15, 0.2) is 0 Å². The summed E-state index contributed by atoms with van der Waals surface area (Å²) in [5.74, 6) is -3.30. The number of nitrogens with one attached hydrogen (secondary N) is 2. The molecule has 0 aliphatic heterocycles. The molecule has 2 amide bonds. The second kappa shape index (κ2) is 9.06. The first-order chi connectivity index (χ1) is 14.4. The molecule has 1 unspecified atom stereocenters. The molecule has 0 radical (unpaired) electrons. The second-order valence-corrected chi connectivity index (χ2v) is 9.56. The molecule has 0 spiro atoms. The zero-order valence-electron chi connectivity index (χ0n) is 18.2. The quantitative estimate of drug-likeness (QED) is 0.617. The van der Waals surface area contributed by atoms with E-state index in [1.165, 1.54) is 6.20 Å². The van der Waals surface area contributed by atoms with Crippen LogP contribution >= 0.6 is 0 Å². The number of nitrogens with zero attached hydrogens (tertiary/aromatic N) is 1. The van der Waals surface area contributed by atoms with Gasteiger partial charge >= 0.3 is 6.09 Å². The van der Waals surface area contributed by atoms with Crippen LogP contribution in [0.1, 0.15) is 71.0 Å². The molecule has 1 heterocycles. The van der Waals surface area contributed by atoms with Gasteiger partial charge in [0.2, 0.25) is 11.8 Å². The molecule has 7 nitrogen and oxygen atoms in total. The van der Waals surface area contributed by atoms with Crippen molar-refractivity contribution in [3.05, 3.63) is 23.9 Å². The van der Waals surface area contributed by atoms with Crippen LogP contribution in [0, 0.1) is 11.8 Å². The summed E-state index contributed by atoms with van der Waals surface area (Å²) in [5, 5.41) is 15.5. The molecule has 9 heteroatoms. The Morgan fingerprint density at radius 2 is 1.84 bits per heavy atom. The number of pyridine rings is 1. The van der Waals surface area contributed by atoms with E-state index in [0.29, 0.717) is 5.56 Å². The predicted molar refractivity (Wildman–Crippen MR) is 111 cm³/mol. The van der Waals surface area contributed by atoms with Crippen molar-refractivity contribution in [2.75, 3.05) is 5.32 Å². The second-order valence-electron chi connectivity index (χ2n) is 9.56. The van der Waals surface area contributed by atoms with Crippen LogP contribution in [0.5, 0.6) is 0 Å². The number of hydrogen-bond acceptors (Lipinski definition) is 5. The fourth-order valence-corrected chi connectivity index (χ4v) is 3.82. The van der Waals surface area contributed by atoms with Gasteiger partial charge in [-0.25, -0.2) is 18.6 Å². The summed E-state index contributed by atoms with van der Waals surface area (Å²) >= 11 is 0. The first kappa shape index (κ1) is 23.4. The van der Waals surface area contributed by atoms with E-state index in [1.807, 2.05) is 0 Å². The topological polar surface area (TPSA) is 101 Å². The highest BCUT2D eigenvalue weighted by Crippen LogP contribution is 2.41. The number of carbonyl (C=O) groups excluding carboxylic acids is 2. The minimum absolute atomic E-state index is 0.106. The summed E-state index contributed by atoms with van der Waals surface area (Å²) < 4.78 is 32.5. The lowest BCUT2D eigenvalue weighted by Gasteiger charge is -2.33. The van der Waals surface area contributed by atoms with Crippen LogP contribution in [-0.2, 0) is 9.53 Å². The molecule has 0 saturated heterocycles. The Morgan fingerprint density at radius 1 is 1.19 bits per heavy atom. The minimum atomic E-state index is -2.75. The highest BCUT2D eigenvalue weighted by molar-refractivity contribution is 5.96. The number of anilines is 1. The van der Waals surface area contributed by atoms with E-state index in [9.17, 15) is 23.5 Å². The van der Waals surface area contributed by atoms with E-state index in [1.54, 1.807) is 32.9 Å². The predicted octanol–water partition coefficient (Wildman–Crippen LogP) is 4.18. The fraction of sp³-hybridized carbons (Fsp3) is 0.682. The van der Waals surface area contributed by atoms with Crippen molar-refractivity contribution in [2.24, 2.45) is 11.8 Å². The highest BCUT2D eigenvalue weighted by atomic mass is 19.3. The van der Waals surface area contributed by atoms with Gasteiger partial charge in [-0.1, -0.05) is 0 Å². The maximum atomic E-state index is 13.6. The number of alkyl carbamates (subject to hydrolysis) is 1. The SMILES string of the molecule is CC(C)(C)OC(=O)N[C@H](C(=O)Nc1cc(C(O)C2CC2)ccn1)C1CCC(F)(F)CC1. The van der Waals surface area contributed by atoms with Gasteiger partial charge in [0.1, 0.15) is 17.5 Å². The van der Waals surface area contributed by atoms with Gasteiger partial charge in [0.05, 0.1) is 6.10 Å². The number of alkyl halides is 2. The van der Waals surface area contributed by atoms with Gasteiger partial charge in [-0.05, 0) is 76.0 Å². The first-order valence-corrected chi connectivity index (χ1v) is 10.8. The van der Waals surface area contributed by atoms with Crippen molar-refractivity contribution in [1.82, 2.24) is 10.3 Å². The minimum Gasteiger partial charge on any atom is -0.444 e. The first-order valence-electron chi connectivity index (χ1n) is 10.8. The third-order valence-electron chi connectivity index (χ3n) is 5.63. The van der Waals surface area contributed by atoms with Crippen LogP contribution in [0.2, 0.25) is 0 Å². The molecule has 1 aromatic heterocycles. The molecule has 2 aliphatic rings. The molecule has 31 heavy (non-hydrogen) atoms. The number of rotatable bonds is 6. The number of aliphatic hydroxyl groups is 1. The molecular weight excluding hydrogens is 408 g/mol. The Bertz CT molecular complexity index is 798. The smallest absolute Gasteiger partial charge is 0.408 e. The summed E-state index contributed by atoms with van der Waals surface area (Å²) in [6.45, 7) is 5.09. The Morgan fingerprint density at radius 3 is 2.42 bits per heavy atom. The van der Waals surface area contributed by atoms with Crippen molar-refractivity contribution in [2.45, 2.75) is 83.0 Å². The van der Waals surface area contributed by atoms with E-state index in [-0.39, 0.29) is 37.4 Å². The number of hydrogen-bond donors (Lipinski definition) is 3. The third-order valence-corrected chi connectivity index (χ3v) is 5.63. The number of ether oxygens (including phenoxy) is 1. The van der Waals surface area contributed by atoms with Crippen LogP contribution in [0.4, 0.5) is 19.4 Å². The zero-order valence-corrected chi connectivity index (χ0v) is 18.2. The van der Waals surface area contributed by atoms with Crippen LogP contribution in [0.15, 0.2) is 18.3 Å². The summed E-state index contributed by atoms with van der Waals surface area (Å²) in [7, 11) is 0. The van der Waals surface area contributed by atoms with Gasteiger partial charge in [0, 0.05) is 19.0 Å². The number of carbonyl (C=O) groups is 2. The monoisotopic (exact) mass is 439 g/mol. The lowest BCUT2D eigenvalue weighted by molar-refractivity contribution is -0.121. The van der Waals surface area contributed by atoms with Crippen molar-refractivity contribution < 1.29 is 28.2 Å². The van der Waals surface area contributed by atoms with Gasteiger partial charge in [-0.3, -0.25) is 4.79 Å². The number of aromatic nitrogens is 1. The van der Waals surface area contributed by atoms with Crippen LogP contribution in [0.25, 0.3) is 0 Å².